The summed E-state index contributed by atoms with van der Waals surface area (Å²) < 4.78 is 22.9. The smallest absolute Gasteiger partial charge is 0.207 e. The lowest BCUT2D eigenvalue weighted by Gasteiger charge is -2.08. The third kappa shape index (κ3) is 1.70. The Morgan fingerprint density at radius 3 is 2.57 bits per heavy atom. The first-order chi connectivity index (χ1) is 6.74. The number of methoxy groups -OCH3 is 2. The number of halogens is 1. The number of hydrogen-bond donors (Lipinski definition) is 0. The lowest BCUT2D eigenvalue weighted by atomic mass is 10.2. The highest BCUT2D eigenvalue weighted by Gasteiger charge is 2.13. The van der Waals surface area contributed by atoms with E-state index >= 15 is 0 Å². The molecular weight excluding hydrogens is 189 g/mol. The highest BCUT2D eigenvalue weighted by molar-refractivity contribution is 5.56. The number of benzene rings is 1. The van der Waals surface area contributed by atoms with Crippen molar-refractivity contribution in [2.45, 2.75) is 0 Å². The molecule has 6 heteroatoms. The Bertz CT molecular complexity index is 388. The van der Waals surface area contributed by atoms with E-state index in [9.17, 15) is 4.39 Å². The third-order valence-corrected chi connectivity index (χ3v) is 1.62. The van der Waals surface area contributed by atoms with Gasteiger partial charge in [-0.25, -0.2) is 0 Å². The zero-order valence-corrected chi connectivity index (χ0v) is 7.69. The molecule has 0 aliphatic heterocycles. The second-order valence-electron chi connectivity index (χ2n) is 2.32. The Kier molecular flexibility index (Phi) is 3.14. The Morgan fingerprint density at radius 2 is 2.07 bits per heavy atom. The molecule has 0 heterocycles. The van der Waals surface area contributed by atoms with Crippen molar-refractivity contribution in [3.63, 3.8) is 0 Å². The molecule has 0 unspecified atom stereocenters. The summed E-state index contributed by atoms with van der Waals surface area (Å²) >= 11 is 0. The minimum atomic E-state index is -0.681. The molecule has 1 rings (SSSR count). The average Bonchev–Trinajstić information content (AvgIpc) is 2.19. The van der Waals surface area contributed by atoms with Gasteiger partial charge in [-0.05, 0) is 17.7 Å². The van der Waals surface area contributed by atoms with Gasteiger partial charge in [0.1, 0.15) is 0 Å². The predicted molar refractivity (Wildman–Crippen MR) is 48.3 cm³/mol. The quantitative estimate of drug-likeness (QED) is 0.424. The van der Waals surface area contributed by atoms with Crippen molar-refractivity contribution in [3.8, 4) is 11.5 Å². The normalized spacial score (nSPS) is 9.07. The largest absolute Gasteiger partial charge is 0.494 e. The van der Waals surface area contributed by atoms with Gasteiger partial charge in [0, 0.05) is 4.91 Å². The lowest BCUT2D eigenvalue weighted by molar-refractivity contribution is 0.351. The molecule has 0 saturated heterocycles. The monoisotopic (exact) mass is 197 g/mol. The minimum Gasteiger partial charge on any atom is -0.494 e. The number of rotatable bonds is 3. The first-order valence-corrected chi connectivity index (χ1v) is 3.70. The van der Waals surface area contributed by atoms with E-state index in [0.29, 0.717) is 0 Å². The number of hydrogen-bond acceptors (Lipinski definition) is 3. The molecule has 74 valence electrons. The SMILES string of the molecule is COc1ccc(N=[N+]=[N-])c(OC)c1F. The molecule has 1 aromatic rings. The summed E-state index contributed by atoms with van der Waals surface area (Å²) in [6.07, 6.45) is 0. The van der Waals surface area contributed by atoms with Crippen LogP contribution < -0.4 is 9.47 Å². The van der Waals surface area contributed by atoms with Crippen molar-refractivity contribution < 1.29 is 13.9 Å². The second-order valence-corrected chi connectivity index (χ2v) is 2.32. The Morgan fingerprint density at radius 1 is 1.36 bits per heavy atom. The molecule has 0 N–H and O–H groups in total. The summed E-state index contributed by atoms with van der Waals surface area (Å²) in [5.41, 5.74) is 8.30. The van der Waals surface area contributed by atoms with E-state index in [4.69, 9.17) is 15.0 Å². The van der Waals surface area contributed by atoms with Gasteiger partial charge in [0.05, 0.1) is 19.9 Å². The molecule has 0 saturated carbocycles. The van der Waals surface area contributed by atoms with Crippen LogP contribution in [0.5, 0.6) is 11.5 Å². The van der Waals surface area contributed by atoms with Gasteiger partial charge in [-0.3, -0.25) is 0 Å². The fourth-order valence-electron chi connectivity index (χ4n) is 1.01. The summed E-state index contributed by atoms with van der Waals surface area (Å²) in [5.74, 6) is -0.763. The number of ether oxygens (including phenoxy) is 2. The standard InChI is InChI=1S/C8H8FN3O2/c1-13-6-4-3-5(11-12-10)8(14-2)7(6)9/h3-4H,1-2H3. The van der Waals surface area contributed by atoms with Crippen molar-refractivity contribution in [2.75, 3.05) is 14.2 Å². The molecule has 0 aliphatic rings. The molecule has 0 bridgehead atoms. The molecule has 1 aromatic carbocycles. The maximum Gasteiger partial charge on any atom is 0.207 e. The van der Waals surface area contributed by atoms with E-state index < -0.39 is 5.82 Å². The third-order valence-electron chi connectivity index (χ3n) is 1.62. The van der Waals surface area contributed by atoms with Crippen molar-refractivity contribution >= 4 is 5.69 Å². The van der Waals surface area contributed by atoms with E-state index in [1.807, 2.05) is 0 Å². The van der Waals surface area contributed by atoms with Gasteiger partial charge in [-0.2, -0.15) is 4.39 Å². The second kappa shape index (κ2) is 4.34. The highest BCUT2D eigenvalue weighted by atomic mass is 19.1. The predicted octanol–water partition coefficient (Wildman–Crippen LogP) is 2.78. The number of azide groups is 1. The molecule has 0 atom stereocenters. The van der Waals surface area contributed by atoms with Gasteiger partial charge < -0.3 is 9.47 Å². The lowest BCUT2D eigenvalue weighted by Crippen LogP contribution is -1.93. The maximum absolute atomic E-state index is 13.4. The van der Waals surface area contributed by atoms with Crippen LogP contribution in [0.3, 0.4) is 0 Å². The molecule has 0 amide bonds. The van der Waals surface area contributed by atoms with Crippen molar-refractivity contribution in [3.05, 3.63) is 28.4 Å². The highest BCUT2D eigenvalue weighted by Crippen LogP contribution is 2.35. The van der Waals surface area contributed by atoms with E-state index in [1.165, 1.54) is 26.4 Å². The van der Waals surface area contributed by atoms with E-state index in [-0.39, 0.29) is 17.2 Å². The first kappa shape index (κ1) is 10.1. The van der Waals surface area contributed by atoms with Gasteiger partial charge in [0.2, 0.25) is 5.82 Å². The summed E-state index contributed by atoms with van der Waals surface area (Å²) in [6.45, 7) is 0. The Hall–Kier alpha value is -1.94. The Balaban J connectivity index is 3.35. The maximum atomic E-state index is 13.4. The molecule has 0 fully saturated rings. The molecule has 0 aromatic heterocycles. The van der Waals surface area contributed by atoms with E-state index in [1.54, 1.807) is 0 Å². The zero-order chi connectivity index (χ0) is 10.6. The van der Waals surface area contributed by atoms with Crippen molar-refractivity contribution in [2.24, 2.45) is 5.11 Å². The van der Waals surface area contributed by atoms with Crippen LogP contribution in [0.25, 0.3) is 10.4 Å². The van der Waals surface area contributed by atoms with Crippen LogP contribution in [0.1, 0.15) is 0 Å². The van der Waals surface area contributed by atoms with Gasteiger partial charge in [0.15, 0.2) is 11.5 Å². The van der Waals surface area contributed by atoms with Crippen LogP contribution in [0.2, 0.25) is 0 Å². The summed E-state index contributed by atoms with van der Waals surface area (Å²) in [5, 5.41) is 3.27. The zero-order valence-electron chi connectivity index (χ0n) is 7.69. The first-order valence-electron chi connectivity index (χ1n) is 3.70. The number of nitrogens with zero attached hydrogens (tertiary/aromatic N) is 3. The molecule has 5 nitrogen and oxygen atoms in total. The summed E-state index contributed by atoms with van der Waals surface area (Å²) in [4.78, 5) is 2.55. The van der Waals surface area contributed by atoms with Gasteiger partial charge in [-0.1, -0.05) is 5.11 Å². The van der Waals surface area contributed by atoms with E-state index in [0.717, 1.165) is 0 Å². The van der Waals surface area contributed by atoms with E-state index in [2.05, 4.69) is 10.0 Å². The molecule has 14 heavy (non-hydrogen) atoms. The van der Waals surface area contributed by atoms with Crippen molar-refractivity contribution in [1.29, 1.82) is 0 Å². The van der Waals surface area contributed by atoms with Crippen LogP contribution in [0, 0.1) is 5.82 Å². The average molecular weight is 197 g/mol. The molecular formula is C8H8FN3O2. The van der Waals surface area contributed by atoms with Gasteiger partial charge >= 0.3 is 0 Å². The summed E-state index contributed by atoms with van der Waals surface area (Å²) in [6, 6.07) is 2.78. The summed E-state index contributed by atoms with van der Waals surface area (Å²) in [7, 11) is 2.62. The molecule has 0 spiro atoms. The van der Waals surface area contributed by atoms with Crippen LogP contribution in [-0.2, 0) is 0 Å². The molecule has 0 aliphatic carbocycles. The topological polar surface area (TPSA) is 67.2 Å². The Labute approximate surface area is 79.7 Å². The van der Waals surface area contributed by atoms with Crippen molar-refractivity contribution in [1.82, 2.24) is 0 Å². The fourth-order valence-corrected chi connectivity index (χ4v) is 1.01. The van der Waals surface area contributed by atoms with Crippen LogP contribution in [0.15, 0.2) is 17.2 Å². The fraction of sp³-hybridized carbons (Fsp3) is 0.250. The van der Waals surface area contributed by atoms with Crippen LogP contribution in [0.4, 0.5) is 10.1 Å². The molecule has 0 radical (unpaired) electrons. The van der Waals surface area contributed by atoms with Gasteiger partial charge in [-0.15, -0.1) is 0 Å². The minimum absolute atomic E-state index is 0.0405. The van der Waals surface area contributed by atoms with Gasteiger partial charge in [0.25, 0.3) is 0 Å². The van der Waals surface area contributed by atoms with Crippen LogP contribution >= 0.6 is 0 Å². The van der Waals surface area contributed by atoms with Crippen LogP contribution in [-0.4, -0.2) is 14.2 Å².